The number of anilines is 2. The molecule has 194 valence electrons. The summed E-state index contributed by atoms with van der Waals surface area (Å²) in [6.45, 7) is 0.445. The maximum atomic E-state index is 13.1. The van der Waals surface area contributed by atoms with E-state index in [0.29, 0.717) is 34.3 Å². The van der Waals surface area contributed by atoms with Crippen LogP contribution in [0.1, 0.15) is 15.9 Å². The molecule has 0 aliphatic heterocycles. The van der Waals surface area contributed by atoms with Crippen LogP contribution in [0.15, 0.2) is 119 Å². The van der Waals surface area contributed by atoms with Crippen LogP contribution in [-0.4, -0.2) is 20.5 Å². The topological polar surface area (TPSA) is 84.5 Å². The molecular weight excluding hydrogens is 523 g/mol. The lowest BCUT2D eigenvalue weighted by molar-refractivity contribution is 0.104. The number of benzene rings is 4. The van der Waals surface area contributed by atoms with Crippen molar-refractivity contribution < 1.29 is 22.3 Å². The van der Waals surface area contributed by atoms with Crippen LogP contribution in [-0.2, 0) is 16.6 Å². The third-order valence-corrected chi connectivity index (χ3v) is 7.45. The van der Waals surface area contributed by atoms with E-state index in [1.54, 1.807) is 48.5 Å². The molecule has 6 nitrogen and oxygen atoms in total. The van der Waals surface area contributed by atoms with E-state index in [-0.39, 0.29) is 10.7 Å². The van der Waals surface area contributed by atoms with Gasteiger partial charge in [0.15, 0.2) is 5.78 Å². The molecule has 0 heterocycles. The highest BCUT2D eigenvalue weighted by molar-refractivity contribution is 8.02. The van der Waals surface area contributed by atoms with Crippen molar-refractivity contribution in [1.29, 1.82) is 0 Å². The number of ether oxygens (including phenoxy) is 1. The van der Waals surface area contributed by atoms with Gasteiger partial charge in [0, 0.05) is 23.0 Å². The molecule has 2 N–H and O–H groups in total. The predicted molar refractivity (Wildman–Crippen MR) is 150 cm³/mol. The van der Waals surface area contributed by atoms with Gasteiger partial charge in [0.25, 0.3) is 10.0 Å². The highest BCUT2D eigenvalue weighted by atomic mass is 32.2. The van der Waals surface area contributed by atoms with Crippen molar-refractivity contribution in [2.75, 3.05) is 16.3 Å². The first-order chi connectivity index (χ1) is 18.3. The second-order valence-electron chi connectivity index (χ2n) is 8.14. The summed E-state index contributed by atoms with van der Waals surface area (Å²) >= 11 is 1.37. The van der Waals surface area contributed by atoms with Crippen LogP contribution >= 0.6 is 11.8 Å². The van der Waals surface area contributed by atoms with Gasteiger partial charge in [-0.15, -0.1) is 11.8 Å². The van der Waals surface area contributed by atoms with E-state index in [2.05, 4.69) is 10.0 Å². The molecule has 0 radical (unpaired) electrons. The molecule has 0 aromatic heterocycles. The minimum absolute atomic E-state index is 0.0389. The van der Waals surface area contributed by atoms with Gasteiger partial charge in [-0.05, 0) is 84.6 Å². The highest BCUT2D eigenvalue weighted by Gasteiger charge is 2.14. The number of rotatable bonds is 11. The summed E-state index contributed by atoms with van der Waals surface area (Å²) in [7, 11) is -3.84. The molecule has 38 heavy (non-hydrogen) atoms. The van der Waals surface area contributed by atoms with Crippen molar-refractivity contribution in [1.82, 2.24) is 0 Å². The zero-order valence-electron chi connectivity index (χ0n) is 20.4. The number of ketones is 1. The van der Waals surface area contributed by atoms with Crippen molar-refractivity contribution in [3.8, 4) is 5.75 Å². The second kappa shape index (κ2) is 12.4. The summed E-state index contributed by atoms with van der Waals surface area (Å²) < 4.78 is 46.3. The molecule has 0 saturated heterocycles. The molecule has 0 spiro atoms. The molecule has 0 unspecified atom stereocenters. The first kappa shape index (κ1) is 27.0. The number of nitrogens with one attached hydrogen (secondary N) is 2. The van der Waals surface area contributed by atoms with E-state index in [9.17, 15) is 17.6 Å². The van der Waals surface area contributed by atoms with Gasteiger partial charge in [0.1, 0.15) is 18.2 Å². The standard InChI is InChI=1S/C29H25FN2O4S2/c1-37-29(19-28(33)22-7-15-26(16-8-22)36-20-21-5-3-2-4-6-21)31-24-11-13-25(14-12-24)32-38(34,35)27-17-9-23(30)10-18-27/h2-19,31-32H,20H2,1H3/b29-19-. The Morgan fingerprint density at radius 2 is 1.50 bits per heavy atom. The first-order valence-corrected chi connectivity index (χ1v) is 14.3. The summed E-state index contributed by atoms with van der Waals surface area (Å²) in [6, 6.07) is 28.0. The number of thioether (sulfide) groups is 1. The Morgan fingerprint density at radius 1 is 0.868 bits per heavy atom. The molecule has 0 saturated carbocycles. The van der Waals surface area contributed by atoms with Crippen LogP contribution in [0.4, 0.5) is 15.8 Å². The Hall–Kier alpha value is -4.08. The van der Waals surface area contributed by atoms with E-state index >= 15 is 0 Å². The zero-order chi connectivity index (χ0) is 27.0. The number of hydrogen-bond donors (Lipinski definition) is 2. The van der Waals surface area contributed by atoms with Crippen LogP contribution in [0.25, 0.3) is 0 Å². The monoisotopic (exact) mass is 548 g/mol. The van der Waals surface area contributed by atoms with Crippen molar-refractivity contribution in [2.24, 2.45) is 0 Å². The highest BCUT2D eigenvalue weighted by Crippen LogP contribution is 2.23. The molecule has 4 aromatic rings. The first-order valence-electron chi connectivity index (χ1n) is 11.5. The maximum Gasteiger partial charge on any atom is 0.261 e. The molecule has 9 heteroatoms. The number of hydrogen-bond acceptors (Lipinski definition) is 6. The minimum atomic E-state index is -3.84. The van der Waals surface area contributed by atoms with Crippen molar-refractivity contribution in [2.45, 2.75) is 11.5 Å². The average molecular weight is 549 g/mol. The summed E-state index contributed by atoms with van der Waals surface area (Å²) in [5.74, 6) is -0.00624. The third-order valence-electron chi connectivity index (χ3n) is 5.40. The van der Waals surface area contributed by atoms with Crippen LogP contribution in [0.2, 0.25) is 0 Å². The third kappa shape index (κ3) is 7.47. The van der Waals surface area contributed by atoms with Gasteiger partial charge >= 0.3 is 0 Å². The molecule has 0 fully saturated rings. The fourth-order valence-corrected chi connectivity index (χ4v) is 4.90. The Bertz CT molecular complexity index is 1510. The fraction of sp³-hybridized carbons (Fsp3) is 0.0690. The largest absolute Gasteiger partial charge is 0.489 e. The lowest BCUT2D eigenvalue weighted by Crippen LogP contribution is -2.12. The van der Waals surface area contributed by atoms with Gasteiger partial charge in [-0.2, -0.15) is 0 Å². The zero-order valence-corrected chi connectivity index (χ0v) is 22.1. The van der Waals surface area contributed by atoms with Gasteiger partial charge in [-0.1, -0.05) is 30.3 Å². The number of carbonyl (C=O) groups excluding carboxylic acids is 1. The lowest BCUT2D eigenvalue weighted by atomic mass is 10.1. The quantitative estimate of drug-likeness (QED) is 0.160. The van der Waals surface area contributed by atoms with Gasteiger partial charge in [-0.25, -0.2) is 12.8 Å². The predicted octanol–water partition coefficient (Wildman–Crippen LogP) is 6.70. The van der Waals surface area contributed by atoms with Crippen LogP contribution in [0, 0.1) is 5.82 Å². The molecular formula is C29H25FN2O4S2. The Kier molecular flexibility index (Phi) is 8.83. The fourth-order valence-electron chi connectivity index (χ4n) is 3.40. The summed E-state index contributed by atoms with van der Waals surface area (Å²) in [6.07, 6.45) is 3.35. The number of carbonyl (C=O) groups is 1. The molecule has 0 aliphatic rings. The second-order valence-corrected chi connectivity index (χ2v) is 10.7. The van der Waals surface area contributed by atoms with Crippen molar-refractivity contribution >= 4 is 38.9 Å². The summed E-state index contributed by atoms with van der Waals surface area (Å²) in [5.41, 5.74) is 2.61. The normalized spacial score (nSPS) is 11.6. The van der Waals surface area contributed by atoms with E-state index in [0.717, 1.165) is 17.7 Å². The van der Waals surface area contributed by atoms with Gasteiger partial charge in [-0.3, -0.25) is 9.52 Å². The Labute approximate surface area is 225 Å². The molecule has 0 atom stereocenters. The molecule has 0 amide bonds. The van der Waals surface area contributed by atoms with E-state index in [1.165, 1.54) is 30.0 Å². The SMILES string of the molecule is CS/C(=C\C(=O)c1ccc(OCc2ccccc2)cc1)Nc1ccc(NS(=O)(=O)c2ccc(F)cc2)cc1. The Balaban J connectivity index is 1.36. The average Bonchev–Trinajstić information content (AvgIpc) is 2.93. The minimum Gasteiger partial charge on any atom is -0.489 e. The van der Waals surface area contributed by atoms with E-state index < -0.39 is 15.8 Å². The van der Waals surface area contributed by atoms with E-state index in [1.807, 2.05) is 36.6 Å². The van der Waals surface area contributed by atoms with Gasteiger partial charge in [0.05, 0.1) is 9.92 Å². The van der Waals surface area contributed by atoms with Crippen LogP contribution in [0.5, 0.6) is 5.75 Å². The summed E-state index contributed by atoms with van der Waals surface area (Å²) in [5, 5.41) is 3.79. The van der Waals surface area contributed by atoms with Gasteiger partial charge < -0.3 is 10.1 Å². The van der Waals surface area contributed by atoms with Crippen LogP contribution < -0.4 is 14.8 Å². The van der Waals surface area contributed by atoms with Crippen molar-refractivity contribution in [3.63, 3.8) is 0 Å². The number of halogens is 1. The summed E-state index contributed by atoms with van der Waals surface area (Å²) in [4.78, 5) is 12.8. The molecule has 0 bridgehead atoms. The molecule has 0 aliphatic carbocycles. The number of allylic oxidation sites excluding steroid dienone is 1. The maximum absolute atomic E-state index is 13.1. The van der Waals surface area contributed by atoms with Gasteiger partial charge in [0.2, 0.25) is 0 Å². The van der Waals surface area contributed by atoms with Crippen LogP contribution in [0.3, 0.4) is 0 Å². The lowest BCUT2D eigenvalue weighted by Gasteiger charge is -2.11. The smallest absolute Gasteiger partial charge is 0.261 e. The molecule has 4 rings (SSSR count). The van der Waals surface area contributed by atoms with E-state index in [4.69, 9.17) is 4.74 Å². The number of sulfonamides is 1. The Morgan fingerprint density at radius 3 is 2.13 bits per heavy atom. The molecule has 4 aromatic carbocycles. The van der Waals surface area contributed by atoms with Crippen molar-refractivity contribution in [3.05, 3.63) is 131 Å².